The van der Waals surface area contributed by atoms with Gasteiger partial charge in [-0.2, -0.15) is 0 Å². The van der Waals surface area contributed by atoms with E-state index in [0.29, 0.717) is 12.4 Å². The fourth-order valence-electron chi connectivity index (χ4n) is 1.49. The molecule has 94 valence electrons. The van der Waals surface area contributed by atoms with Crippen molar-refractivity contribution in [2.24, 2.45) is 0 Å². The normalized spacial score (nSPS) is 10.3. The van der Waals surface area contributed by atoms with Gasteiger partial charge in [-0.3, -0.25) is 10.1 Å². The maximum atomic E-state index is 10.6. The van der Waals surface area contributed by atoms with E-state index in [-0.39, 0.29) is 5.69 Å². The van der Waals surface area contributed by atoms with Crippen molar-refractivity contribution in [3.63, 3.8) is 0 Å². The summed E-state index contributed by atoms with van der Waals surface area (Å²) < 4.78 is 0. The van der Waals surface area contributed by atoms with Crippen molar-refractivity contribution in [1.29, 1.82) is 0 Å². The van der Waals surface area contributed by atoms with Crippen LogP contribution in [-0.4, -0.2) is 14.9 Å². The molecule has 0 bridgehead atoms. The van der Waals surface area contributed by atoms with Gasteiger partial charge >= 0.3 is 0 Å². The number of pyridine rings is 1. The third-order valence-electron chi connectivity index (χ3n) is 2.35. The van der Waals surface area contributed by atoms with Gasteiger partial charge in [-0.25, -0.2) is 9.97 Å². The summed E-state index contributed by atoms with van der Waals surface area (Å²) in [4.78, 5) is 19.6. The van der Waals surface area contributed by atoms with Crippen molar-refractivity contribution >= 4 is 22.8 Å². The molecule has 0 saturated carbocycles. The first kappa shape index (κ1) is 12.4. The van der Waals surface area contributed by atoms with E-state index in [9.17, 15) is 10.1 Å². The molecule has 0 saturated heterocycles. The van der Waals surface area contributed by atoms with Crippen molar-refractivity contribution in [1.82, 2.24) is 9.97 Å². The van der Waals surface area contributed by atoms with Gasteiger partial charge in [-0.15, -0.1) is 11.3 Å². The molecule has 0 unspecified atom stereocenters. The standard InChI is InChI=1S/C11H12N4O2S/c1-7-3-9(15(16)17)5-13-11(7)14-6-10-12-4-8(2)18-10/h3-5H,6H2,1-2H3,(H,13,14). The first-order valence-electron chi connectivity index (χ1n) is 5.32. The highest BCUT2D eigenvalue weighted by molar-refractivity contribution is 7.11. The number of hydrogen-bond donors (Lipinski definition) is 1. The van der Waals surface area contributed by atoms with E-state index in [4.69, 9.17) is 0 Å². The highest BCUT2D eigenvalue weighted by atomic mass is 32.1. The second kappa shape index (κ2) is 5.09. The predicted molar refractivity (Wildman–Crippen MR) is 69.8 cm³/mol. The van der Waals surface area contributed by atoms with Crippen LogP contribution in [0.5, 0.6) is 0 Å². The second-order valence-electron chi connectivity index (χ2n) is 3.83. The van der Waals surface area contributed by atoms with Crippen molar-refractivity contribution in [2.75, 3.05) is 5.32 Å². The highest BCUT2D eigenvalue weighted by Gasteiger charge is 2.09. The Kier molecular flexibility index (Phi) is 3.52. The van der Waals surface area contributed by atoms with Gasteiger partial charge in [0, 0.05) is 17.1 Å². The third-order valence-corrected chi connectivity index (χ3v) is 3.26. The molecule has 2 heterocycles. The molecule has 18 heavy (non-hydrogen) atoms. The molecule has 2 aromatic heterocycles. The molecule has 0 aliphatic heterocycles. The fraction of sp³-hybridized carbons (Fsp3) is 0.273. The Balaban J connectivity index is 2.08. The molecule has 0 amide bonds. The van der Waals surface area contributed by atoms with Gasteiger partial charge in [0.25, 0.3) is 5.69 Å². The van der Waals surface area contributed by atoms with Gasteiger partial charge in [0.1, 0.15) is 17.0 Å². The summed E-state index contributed by atoms with van der Waals surface area (Å²) in [6.07, 6.45) is 3.07. The van der Waals surface area contributed by atoms with Gasteiger partial charge in [0.15, 0.2) is 0 Å². The lowest BCUT2D eigenvalue weighted by molar-refractivity contribution is -0.385. The van der Waals surface area contributed by atoms with Crippen LogP contribution in [0.3, 0.4) is 0 Å². The molecule has 0 radical (unpaired) electrons. The van der Waals surface area contributed by atoms with E-state index in [1.54, 1.807) is 18.3 Å². The zero-order chi connectivity index (χ0) is 13.1. The summed E-state index contributed by atoms with van der Waals surface area (Å²) in [7, 11) is 0. The van der Waals surface area contributed by atoms with E-state index < -0.39 is 4.92 Å². The molecule has 6 nitrogen and oxygen atoms in total. The quantitative estimate of drug-likeness (QED) is 0.678. The lowest BCUT2D eigenvalue weighted by Gasteiger charge is -2.06. The minimum absolute atomic E-state index is 0.00291. The van der Waals surface area contributed by atoms with Crippen molar-refractivity contribution in [3.8, 4) is 0 Å². The Hall–Kier alpha value is -2.02. The largest absolute Gasteiger partial charge is 0.363 e. The number of aryl methyl sites for hydroxylation is 2. The molecule has 1 N–H and O–H groups in total. The zero-order valence-electron chi connectivity index (χ0n) is 10.0. The number of anilines is 1. The smallest absolute Gasteiger partial charge is 0.287 e. The molecular formula is C11H12N4O2S. The molecular weight excluding hydrogens is 252 g/mol. The summed E-state index contributed by atoms with van der Waals surface area (Å²) in [5.74, 6) is 0.647. The molecule has 0 aliphatic carbocycles. The summed E-state index contributed by atoms with van der Waals surface area (Å²) in [6, 6.07) is 1.50. The Morgan fingerprint density at radius 1 is 1.39 bits per heavy atom. The Bertz CT molecular complexity index is 582. The van der Waals surface area contributed by atoms with Crippen molar-refractivity contribution in [3.05, 3.63) is 44.0 Å². The monoisotopic (exact) mass is 264 g/mol. The SMILES string of the molecule is Cc1cnc(CNc2ncc([N+](=O)[O-])cc2C)s1. The van der Waals surface area contributed by atoms with Gasteiger partial charge < -0.3 is 5.32 Å². The van der Waals surface area contributed by atoms with Crippen LogP contribution >= 0.6 is 11.3 Å². The van der Waals surface area contributed by atoms with Crippen molar-refractivity contribution < 1.29 is 4.92 Å². The molecule has 0 aromatic carbocycles. The average Bonchev–Trinajstić information content (AvgIpc) is 2.73. The second-order valence-corrected chi connectivity index (χ2v) is 5.15. The van der Waals surface area contributed by atoms with Gasteiger partial charge in [-0.05, 0) is 19.4 Å². The molecule has 0 fully saturated rings. The van der Waals surface area contributed by atoms with E-state index in [1.807, 2.05) is 13.1 Å². The predicted octanol–water partition coefficient (Wildman–Crippen LogP) is 2.68. The molecule has 2 aromatic rings. The number of nitrogens with zero attached hydrogens (tertiary/aromatic N) is 3. The van der Waals surface area contributed by atoms with Crippen LogP contribution < -0.4 is 5.32 Å². The number of thiazole rings is 1. The van der Waals surface area contributed by atoms with E-state index >= 15 is 0 Å². The number of nitrogens with one attached hydrogen (secondary N) is 1. The lowest BCUT2D eigenvalue weighted by Crippen LogP contribution is -2.03. The Morgan fingerprint density at radius 3 is 2.72 bits per heavy atom. The first-order chi connectivity index (χ1) is 8.56. The summed E-state index contributed by atoms with van der Waals surface area (Å²) in [5.41, 5.74) is 0.751. The van der Waals surface area contributed by atoms with E-state index in [2.05, 4.69) is 15.3 Å². The Labute approximate surface area is 108 Å². The molecule has 0 atom stereocenters. The fourth-order valence-corrected chi connectivity index (χ4v) is 2.21. The van der Waals surface area contributed by atoms with Gasteiger partial charge in [0.05, 0.1) is 11.5 Å². The summed E-state index contributed by atoms with van der Waals surface area (Å²) in [5, 5.41) is 14.7. The van der Waals surface area contributed by atoms with Crippen LogP contribution in [-0.2, 0) is 6.54 Å². The van der Waals surface area contributed by atoms with Gasteiger partial charge in [0.2, 0.25) is 0 Å². The Morgan fingerprint density at radius 2 is 2.17 bits per heavy atom. The van der Waals surface area contributed by atoms with Crippen LogP contribution in [0.25, 0.3) is 0 Å². The van der Waals surface area contributed by atoms with Crippen LogP contribution in [0.15, 0.2) is 18.5 Å². The molecule has 0 spiro atoms. The van der Waals surface area contributed by atoms with Crippen molar-refractivity contribution in [2.45, 2.75) is 20.4 Å². The van der Waals surface area contributed by atoms with Crippen LogP contribution in [0.4, 0.5) is 11.5 Å². The number of rotatable bonds is 4. The number of nitro groups is 1. The van der Waals surface area contributed by atoms with Gasteiger partial charge in [-0.1, -0.05) is 0 Å². The van der Waals surface area contributed by atoms with Crippen LogP contribution in [0.1, 0.15) is 15.4 Å². The molecule has 0 aliphatic rings. The minimum atomic E-state index is -0.450. The molecule has 7 heteroatoms. The minimum Gasteiger partial charge on any atom is -0.363 e. The van der Waals surface area contributed by atoms with E-state index in [1.165, 1.54) is 12.3 Å². The topological polar surface area (TPSA) is 81.0 Å². The molecule has 2 rings (SSSR count). The zero-order valence-corrected chi connectivity index (χ0v) is 10.8. The van der Waals surface area contributed by atoms with E-state index in [0.717, 1.165) is 15.4 Å². The van der Waals surface area contributed by atoms with Crippen LogP contribution in [0, 0.1) is 24.0 Å². The highest BCUT2D eigenvalue weighted by Crippen LogP contribution is 2.19. The van der Waals surface area contributed by atoms with Crippen LogP contribution in [0.2, 0.25) is 0 Å². The number of aromatic nitrogens is 2. The summed E-state index contributed by atoms with van der Waals surface area (Å²) in [6.45, 7) is 4.36. The first-order valence-corrected chi connectivity index (χ1v) is 6.14. The number of hydrogen-bond acceptors (Lipinski definition) is 6. The lowest BCUT2D eigenvalue weighted by atomic mass is 10.2. The third kappa shape index (κ3) is 2.80. The maximum absolute atomic E-state index is 10.6. The summed E-state index contributed by atoms with van der Waals surface area (Å²) >= 11 is 1.61. The maximum Gasteiger partial charge on any atom is 0.287 e. The average molecular weight is 264 g/mol.